The van der Waals surface area contributed by atoms with Crippen LogP contribution in [0.3, 0.4) is 0 Å². The number of methoxy groups -OCH3 is 1. The lowest BCUT2D eigenvalue weighted by atomic mass is 10.1. The molecule has 0 spiro atoms. The van der Waals surface area contributed by atoms with Crippen LogP contribution in [-0.4, -0.2) is 27.2 Å². The first kappa shape index (κ1) is 11.3. The van der Waals surface area contributed by atoms with Gasteiger partial charge in [-0.1, -0.05) is 6.07 Å². The second-order valence-corrected chi connectivity index (χ2v) is 3.37. The molecule has 2 rings (SSSR count). The SMILES string of the molecule is COc1cc(C(O)c2cccnc2N)ncn1. The van der Waals surface area contributed by atoms with E-state index in [1.165, 1.54) is 13.4 Å². The van der Waals surface area contributed by atoms with Crippen molar-refractivity contribution in [3.05, 3.63) is 42.0 Å². The molecule has 0 fully saturated rings. The van der Waals surface area contributed by atoms with Gasteiger partial charge < -0.3 is 15.6 Å². The third-order valence-electron chi connectivity index (χ3n) is 2.32. The molecule has 0 bridgehead atoms. The number of nitrogen functional groups attached to an aromatic ring is 1. The summed E-state index contributed by atoms with van der Waals surface area (Å²) < 4.78 is 4.96. The average Bonchev–Trinajstić information content (AvgIpc) is 2.38. The molecule has 88 valence electrons. The fraction of sp³-hybridized carbons (Fsp3) is 0.182. The summed E-state index contributed by atoms with van der Waals surface area (Å²) in [6.45, 7) is 0. The molecule has 0 saturated heterocycles. The van der Waals surface area contributed by atoms with Crippen molar-refractivity contribution in [2.75, 3.05) is 12.8 Å². The number of hydrogen-bond acceptors (Lipinski definition) is 6. The zero-order chi connectivity index (χ0) is 12.3. The van der Waals surface area contributed by atoms with E-state index < -0.39 is 6.10 Å². The van der Waals surface area contributed by atoms with Crippen LogP contribution in [0, 0.1) is 0 Å². The summed E-state index contributed by atoms with van der Waals surface area (Å²) in [6.07, 6.45) is 1.94. The van der Waals surface area contributed by atoms with Crippen molar-refractivity contribution in [2.45, 2.75) is 6.10 Å². The minimum absolute atomic E-state index is 0.276. The van der Waals surface area contributed by atoms with E-state index in [0.717, 1.165) is 0 Å². The summed E-state index contributed by atoms with van der Waals surface area (Å²) >= 11 is 0. The van der Waals surface area contributed by atoms with Gasteiger partial charge in [0, 0.05) is 17.8 Å². The maximum absolute atomic E-state index is 10.1. The Bertz CT molecular complexity index is 518. The summed E-state index contributed by atoms with van der Waals surface area (Å²) in [5, 5.41) is 10.1. The monoisotopic (exact) mass is 232 g/mol. The number of anilines is 1. The molecule has 0 amide bonds. The third-order valence-corrected chi connectivity index (χ3v) is 2.32. The van der Waals surface area contributed by atoms with E-state index in [1.807, 2.05) is 0 Å². The lowest BCUT2D eigenvalue weighted by molar-refractivity contribution is 0.214. The molecule has 1 unspecified atom stereocenters. The van der Waals surface area contributed by atoms with Gasteiger partial charge >= 0.3 is 0 Å². The zero-order valence-electron chi connectivity index (χ0n) is 9.24. The van der Waals surface area contributed by atoms with Gasteiger partial charge in [-0.2, -0.15) is 0 Å². The Balaban J connectivity index is 2.37. The Labute approximate surface area is 98.1 Å². The third kappa shape index (κ3) is 2.31. The number of aromatic nitrogens is 3. The molecule has 0 aliphatic heterocycles. The number of nitrogens with two attached hydrogens (primary N) is 1. The highest BCUT2D eigenvalue weighted by Crippen LogP contribution is 2.24. The molecule has 0 radical (unpaired) electrons. The molecule has 0 aliphatic rings. The van der Waals surface area contributed by atoms with E-state index in [9.17, 15) is 5.11 Å². The summed E-state index contributed by atoms with van der Waals surface area (Å²) in [7, 11) is 1.50. The Morgan fingerprint density at radius 2 is 2.18 bits per heavy atom. The standard InChI is InChI=1S/C11H12N4O2/c1-17-9-5-8(14-6-15-9)10(16)7-3-2-4-13-11(7)12/h2-6,10,16H,1H3,(H2,12,13). The van der Waals surface area contributed by atoms with Gasteiger partial charge in [-0.15, -0.1) is 0 Å². The van der Waals surface area contributed by atoms with Crippen molar-refractivity contribution in [1.29, 1.82) is 0 Å². The Morgan fingerprint density at radius 1 is 1.35 bits per heavy atom. The highest BCUT2D eigenvalue weighted by molar-refractivity contribution is 5.43. The second-order valence-electron chi connectivity index (χ2n) is 3.37. The molecule has 6 heteroatoms. The van der Waals surface area contributed by atoms with E-state index in [1.54, 1.807) is 24.4 Å². The van der Waals surface area contributed by atoms with Crippen LogP contribution in [0.15, 0.2) is 30.7 Å². The molecule has 6 nitrogen and oxygen atoms in total. The lowest BCUT2D eigenvalue weighted by Gasteiger charge is -2.12. The molecule has 0 aliphatic carbocycles. The van der Waals surface area contributed by atoms with Gasteiger partial charge in [0.15, 0.2) is 0 Å². The fourth-order valence-corrected chi connectivity index (χ4v) is 1.44. The van der Waals surface area contributed by atoms with Crippen molar-refractivity contribution in [1.82, 2.24) is 15.0 Å². The van der Waals surface area contributed by atoms with Gasteiger partial charge in [-0.3, -0.25) is 0 Å². The van der Waals surface area contributed by atoms with Crippen LogP contribution < -0.4 is 10.5 Å². The summed E-state index contributed by atoms with van der Waals surface area (Å²) in [5.74, 6) is 0.661. The van der Waals surface area contributed by atoms with E-state index in [-0.39, 0.29) is 5.82 Å². The number of nitrogens with zero attached hydrogens (tertiary/aromatic N) is 3. The summed E-state index contributed by atoms with van der Waals surface area (Å²) in [4.78, 5) is 11.8. The van der Waals surface area contributed by atoms with Gasteiger partial charge in [0.1, 0.15) is 18.2 Å². The Morgan fingerprint density at radius 3 is 2.88 bits per heavy atom. The van der Waals surface area contributed by atoms with Gasteiger partial charge in [0.05, 0.1) is 12.8 Å². The van der Waals surface area contributed by atoms with E-state index in [2.05, 4.69) is 15.0 Å². The number of aliphatic hydroxyl groups excluding tert-OH is 1. The predicted molar refractivity (Wildman–Crippen MR) is 61.3 cm³/mol. The molecule has 1 atom stereocenters. The highest BCUT2D eigenvalue weighted by Gasteiger charge is 2.16. The average molecular weight is 232 g/mol. The number of rotatable bonds is 3. The largest absolute Gasteiger partial charge is 0.481 e. The van der Waals surface area contributed by atoms with Crippen molar-refractivity contribution in [3.63, 3.8) is 0 Å². The number of aliphatic hydroxyl groups is 1. The zero-order valence-corrected chi connectivity index (χ0v) is 9.24. The van der Waals surface area contributed by atoms with Crippen molar-refractivity contribution >= 4 is 5.82 Å². The smallest absolute Gasteiger partial charge is 0.216 e. The molecule has 0 aromatic carbocycles. The maximum Gasteiger partial charge on any atom is 0.216 e. The van der Waals surface area contributed by atoms with Crippen LogP contribution >= 0.6 is 0 Å². The molecular formula is C11H12N4O2. The fourth-order valence-electron chi connectivity index (χ4n) is 1.44. The number of ether oxygens (including phenoxy) is 1. The van der Waals surface area contributed by atoms with Gasteiger partial charge in [-0.25, -0.2) is 15.0 Å². The Kier molecular flexibility index (Phi) is 3.15. The van der Waals surface area contributed by atoms with Crippen molar-refractivity contribution in [3.8, 4) is 5.88 Å². The topological polar surface area (TPSA) is 94.2 Å². The first-order chi connectivity index (χ1) is 8.22. The quantitative estimate of drug-likeness (QED) is 0.802. The van der Waals surface area contributed by atoms with E-state index >= 15 is 0 Å². The second kappa shape index (κ2) is 4.75. The van der Waals surface area contributed by atoms with Crippen LogP contribution in [0.1, 0.15) is 17.4 Å². The van der Waals surface area contributed by atoms with Gasteiger partial charge in [0.25, 0.3) is 0 Å². The normalized spacial score (nSPS) is 12.1. The highest BCUT2D eigenvalue weighted by atomic mass is 16.5. The first-order valence-electron chi connectivity index (χ1n) is 4.96. The minimum atomic E-state index is -0.944. The van der Waals surface area contributed by atoms with Crippen LogP contribution in [0.4, 0.5) is 5.82 Å². The van der Waals surface area contributed by atoms with Crippen molar-refractivity contribution in [2.24, 2.45) is 0 Å². The summed E-state index contributed by atoms with van der Waals surface area (Å²) in [6, 6.07) is 4.95. The van der Waals surface area contributed by atoms with Crippen LogP contribution in [0.2, 0.25) is 0 Å². The van der Waals surface area contributed by atoms with Gasteiger partial charge in [-0.05, 0) is 6.07 Å². The lowest BCUT2D eigenvalue weighted by Crippen LogP contribution is -2.07. The molecule has 0 saturated carbocycles. The van der Waals surface area contributed by atoms with Crippen LogP contribution in [0.25, 0.3) is 0 Å². The molecule has 2 heterocycles. The Hall–Kier alpha value is -2.21. The van der Waals surface area contributed by atoms with E-state index in [4.69, 9.17) is 10.5 Å². The maximum atomic E-state index is 10.1. The van der Waals surface area contributed by atoms with Crippen LogP contribution in [-0.2, 0) is 0 Å². The van der Waals surface area contributed by atoms with E-state index in [0.29, 0.717) is 17.1 Å². The number of pyridine rings is 1. The van der Waals surface area contributed by atoms with Gasteiger partial charge in [0.2, 0.25) is 5.88 Å². The predicted octanol–water partition coefficient (Wildman–Crippen LogP) is 0.544. The van der Waals surface area contributed by atoms with Crippen LogP contribution in [0.5, 0.6) is 5.88 Å². The molecule has 17 heavy (non-hydrogen) atoms. The molecular weight excluding hydrogens is 220 g/mol. The minimum Gasteiger partial charge on any atom is -0.481 e. The van der Waals surface area contributed by atoms with Crippen molar-refractivity contribution < 1.29 is 9.84 Å². The molecule has 2 aromatic heterocycles. The summed E-state index contributed by atoms with van der Waals surface area (Å²) in [5.41, 5.74) is 6.60. The molecule has 3 N–H and O–H groups in total. The number of hydrogen-bond donors (Lipinski definition) is 2. The molecule has 2 aromatic rings. The first-order valence-corrected chi connectivity index (χ1v) is 4.96.